The first-order valence-corrected chi connectivity index (χ1v) is 25.9. The highest BCUT2D eigenvalue weighted by molar-refractivity contribution is 6.32. The number of rotatable bonds is 12. The van der Waals surface area contributed by atoms with Crippen LogP contribution in [0.2, 0.25) is 10.0 Å². The van der Waals surface area contributed by atoms with Gasteiger partial charge in [0.25, 0.3) is 23.7 Å². The number of likely N-dealkylation sites (tertiary alicyclic amines) is 2. The molecule has 5 heterocycles. The SMILES string of the molecule is NCc1cc2c(-c3ccc(C(=O)N4CCC(F)(F)CC4)cc3)cc(Cl)cc2o1.Nc1ccc(/C=C/C(=O)NCc2cc3c(-c4ccc(C(=O)N5CCC(F)(F)CC5)cc4)cc(Cl)cc3o2)cn1.Nc1ccc(CCCO)cc1. The minimum absolute atomic E-state index is 0.0330. The molecule has 3 amide bonds. The van der Waals surface area contributed by atoms with Crippen LogP contribution in [0, 0.1) is 0 Å². The number of halogens is 6. The summed E-state index contributed by atoms with van der Waals surface area (Å²) in [6.07, 6.45) is 5.13. The Kier molecular flexibility index (Phi) is 18.2. The predicted molar refractivity (Wildman–Crippen MR) is 297 cm³/mol. The smallest absolute Gasteiger partial charge is 0.253 e. The largest absolute Gasteiger partial charge is 0.460 e. The van der Waals surface area contributed by atoms with Gasteiger partial charge in [-0.3, -0.25) is 14.4 Å². The molecule has 0 spiro atoms. The molecule has 2 aliphatic heterocycles. The molecule has 2 saturated heterocycles. The van der Waals surface area contributed by atoms with Crippen molar-refractivity contribution >= 4 is 80.4 Å². The quantitative estimate of drug-likeness (QED) is 0.0444. The third-order valence-corrected chi connectivity index (χ3v) is 13.7. The van der Waals surface area contributed by atoms with Gasteiger partial charge in [-0.15, -0.1) is 0 Å². The van der Waals surface area contributed by atoms with Crippen molar-refractivity contribution < 1.29 is 45.9 Å². The number of piperidine rings is 2. The van der Waals surface area contributed by atoms with E-state index in [2.05, 4.69) is 10.3 Å². The molecule has 13 nitrogen and oxygen atoms in total. The van der Waals surface area contributed by atoms with Crippen LogP contribution in [0.5, 0.6) is 0 Å². The Morgan fingerprint density at radius 1 is 0.667 bits per heavy atom. The molecule has 3 aromatic heterocycles. The maximum Gasteiger partial charge on any atom is 0.253 e. The highest BCUT2D eigenvalue weighted by atomic mass is 35.5. The predicted octanol–water partition coefficient (Wildman–Crippen LogP) is 12.2. The molecular weight excluding hydrogens is 1050 g/mol. The minimum Gasteiger partial charge on any atom is -0.460 e. The number of aliphatic hydroxyl groups is 1. The summed E-state index contributed by atoms with van der Waals surface area (Å²) in [5.41, 5.74) is 25.0. The lowest BCUT2D eigenvalue weighted by Gasteiger charge is -2.31. The Hall–Kier alpha value is -7.70. The number of pyridine rings is 1. The topological polar surface area (TPSA) is 207 Å². The van der Waals surface area contributed by atoms with Crippen LogP contribution < -0.4 is 22.5 Å². The minimum atomic E-state index is -2.71. The Labute approximate surface area is 457 Å². The van der Waals surface area contributed by atoms with Crippen LogP contribution in [0.15, 0.2) is 142 Å². The third-order valence-electron chi connectivity index (χ3n) is 13.2. The number of carbonyl (C=O) groups excluding carboxylic acids is 3. The summed E-state index contributed by atoms with van der Waals surface area (Å²) in [5.74, 6) is -4.59. The van der Waals surface area contributed by atoms with E-state index in [4.69, 9.17) is 54.3 Å². The Morgan fingerprint density at radius 3 is 1.62 bits per heavy atom. The Balaban J connectivity index is 0.000000178. The van der Waals surface area contributed by atoms with Crippen LogP contribution in [0.25, 0.3) is 50.3 Å². The normalized spacial score (nSPS) is 14.9. The zero-order chi connectivity index (χ0) is 55.6. The van der Waals surface area contributed by atoms with E-state index < -0.39 is 11.8 Å². The maximum atomic E-state index is 13.5. The van der Waals surface area contributed by atoms with Gasteiger partial charge < -0.3 is 46.3 Å². The lowest BCUT2D eigenvalue weighted by atomic mass is 9.99. The van der Waals surface area contributed by atoms with Crippen molar-refractivity contribution in [2.75, 3.05) is 44.3 Å². The molecule has 8 N–H and O–H groups in total. The van der Waals surface area contributed by atoms with Gasteiger partial charge in [0.1, 0.15) is 28.5 Å². The van der Waals surface area contributed by atoms with E-state index in [1.165, 1.54) is 21.4 Å². The van der Waals surface area contributed by atoms with Crippen LogP contribution in [0.4, 0.5) is 29.1 Å². The number of furan rings is 2. The van der Waals surface area contributed by atoms with Crippen LogP contribution >= 0.6 is 23.2 Å². The second-order valence-electron chi connectivity index (χ2n) is 18.9. The molecule has 2 fully saturated rings. The molecule has 0 unspecified atom stereocenters. The van der Waals surface area contributed by atoms with E-state index in [0.29, 0.717) is 49.7 Å². The maximum absolute atomic E-state index is 13.5. The van der Waals surface area contributed by atoms with Crippen LogP contribution in [-0.4, -0.2) is 82.2 Å². The average Bonchev–Trinajstić information content (AvgIpc) is 4.11. The van der Waals surface area contributed by atoms with Crippen LogP contribution in [-0.2, 0) is 24.3 Å². The molecule has 0 aliphatic carbocycles. The first kappa shape index (κ1) is 56.5. The van der Waals surface area contributed by atoms with Crippen molar-refractivity contribution in [2.24, 2.45) is 5.73 Å². The number of fused-ring (bicyclic) bond motifs is 2. The summed E-state index contributed by atoms with van der Waals surface area (Å²) in [4.78, 5) is 44.6. The van der Waals surface area contributed by atoms with Gasteiger partial charge in [0, 0.05) is 121 Å². The summed E-state index contributed by atoms with van der Waals surface area (Å²) in [6, 6.07) is 36.0. The van der Waals surface area contributed by atoms with Gasteiger partial charge in [0.05, 0.1) is 13.1 Å². The number of aryl methyl sites for hydroxylation is 1. The molecule has 19 heteroatoms. The number of nitrogens with two attached hydrogens (primary N) is 3. The molecule has 0 bridgehead atoms. The number of nitrogens with one attached hydrogen (secondary N) is 1. The van der Waals surface area contributed by atoms with E-state index in [9.17, 15) is 31.9 Å². The number of anilines is 2. The van der Waals surface area contributed by atoms with Gasteiger partial charge in [-0.25, -0.2) is 22.5 Å². The molecule has 78 heavy (non-hydrogen) atoms. The van der Waals surface area contributed by atoms with E-state index in [1.54, 1.807) is 79.0 Å². The van der Waals surface area contributed by atoms with Crippen molar-refractivity contribution in [3.63, 3.8) is 0 Å². The molecule has 8 aromatic rings. The number of aromatic nitrogens is 1. The summed E-state index contributed by atoms with van der Waals surface area (Å²) in [5, 5.41) is 14.0. The lowest BCUT2D eigenvalue weighted by Crippen LogP contribution is -2.42. The molecule has 0 atom stereocenters. The molecule has 10 rings (SSSR count). The number of aliphatic hydroxyl groups excluding tert-OH is 1. The number of hydrogen-bond donors (Lipinski definition) is 5. The van der Waals surface area contributed by atoms with Crippen molar-refractivity contribution in [3.8, 4) is 22.3 Å². The van der Waals surface area contributed by atoms with Crippen LogP contribution in [0.1, 0.15) is 75.5 Å². The summed E-state index contributed by atoms with van der Waals surface area (Å²) >= 11 is 12.6. The highest BCUT2D eigenvalue weighted by Crippen LogP contribution is 2.37. The van der Waals surface area contributed by atoms with E-state index in [1.807, 2.05) is 54.6 Å². The Morgan fingerprint density at radius 2 is 1.15 bits per heavy atom. The monoisotopic (exact) mass is 1110 g/mol. The molecule has 0 radical (unpaired) electrons. The number of amides is 3. The second-order valence-corrected chi connectivity index (χ2v) is 19.8. The number of nitrogens with zero attached hydrogens (tertiary/aromatic N) is 3. The standard InChI is InChI=1S/C29H25ClF2N4O3.C21H19ClF2N2O2.C9H13NO/c30-21-13-23(19-3-5-20(6-4-19)28(38)36-11-9-29(31,32)10-12-36)24-15-22(39-25(24)14-21)17-35-27(37)8-2-18-1-7-26(33)34-16-18;22-15-9-17(18-11-16(12-25)28-19(18)10-15)13-1-3-14(4-2-13)20(27)26-7-5-21(23,24)6-8-26;10-9-5-3-8(4-6-9)2-1-7-11/h1-8,13-16H,9-12,17H2,(H2,33,34)(H,35,37);1-4,9-11H,5-8,12,25H2;3-6,11H,1-2,7,10H2/b8-2+;;. The average molecular weight is 1110 g/mol. The van der Waals surface area contributed by atoms with Crippen molar-refractivity contribution in [3.05, 3.63) is 177 Å². The summed E-state index contributed by atoms with van der Waals surface area (Å²) < 4.78 is 65.1. The lowest BCUT2D eigenvalue weighted by molar-refractivity contribution is -0.116. The Bertz CT molecular complexity index is 3390. The van der Waals surface area contributed by atoms with Gasteiger partial charge >= 0.3 is 0 Å². The molecule has 406 valence electrons. The van der Waals surface area contributed by atoms with Gasteiger partial charge in [0.2, 0.25) is 5.91 Å². The summed E-state index contributed by atoms with van der Waals surface area (Å²) in [7, 11) is 0. The first-order valence-electron chi connectivity index (χ1n) is 25.2. The van der Waals surface area contributed by atoms with Gasteiger partial charge in [-0.2, -0.15) is 0 Å². The van der Waals surface area contributed by atoms with E-state index in [0.717, 1.165) is 57.1 Å². The zero-order valence-electron chi connectivity index (χ0n) is 42.3. The number of nitrogen functional groups attached to an aromatic ring is 2. The van der Waals surface area contributed by atoms with Gasteiger partial charge in [0.15, 0.2) is 0 Å². The number of alkyl halides is 4. The fourth-order valence-corrected chi connectivity index (χ4v) is 9.31. The van der Waals surface area contributed by atoms with Crippen molar-refractivity contribution in [2.45, 2.75) is 63.5 Å². The number of benzene rings is 5. The fraction of sp³-hybridized carbons (Fsp3) is 0.254. The van der Waals surface area contributed by atoms with E-state index >= 15 is 0 Å². The van der Waals surface area contributed by atoms with Crippen molar-refractivity contribution in [1.29, 1.82) is 0 Å². The zero-order valence-corrected chi connectivity index (χ0v) is 43.8. The third kappa shape index (κ3) is 14.9. The molecule has 0 saturated carbocycles. The van der Waals surface area contributed by atoms with Crippen molar-refractivity contribution in [1.82, 2.24) is 20.1 Å². The number of carbonyl (C=O) groups is 3. The van der Waals surface area contributed by atoms with Gasteiger partial charge in [-0.1, -0.05) is 59.6 Å². The molecule has 5 aromatic carbocycles. The highest BCUT2D eigenvalue weighted by Gasteiger charge is 2.37. The van der Waals surface area contributed by atoms with Gasteiger partial charge in [-0.05, 0) is 125 Å². The first-order chi connectivity index (χ1) is 37.3. The fourth-order valence-electron chi connectivity index (χ4n) is 8.89. The molecular formula is C59H57Cl2F4N7O6. The van der Waals surface area contributed by atoms with Crippen LogP contribution in [0.3, 0.4) is 0 Å². The van der Waals surface area contributed by atoms with E-state index in [-0.39, 0.29) is 89.3 Å². The second kappa shape index (κ2) is 25.2. The number of hydrogen-bond acceptors (Lipinski definition) is 10. The summed E-state index contributed by atoms with van der Waals surface area (Å²) in [6.45, 7) is 0.908. The molecule has 2 aliphatic rings.